The molecule has 0 aliphatic heterocycles. The van der Waals surface area contributed by atoms with Crippen LogP contribution in [0.25, 0.3) is 98.1 Å². The summed E-state index contributed by atoms with van der Waals surface area (Å²) in [6.45, 7) is 4.62. The van der Waals surface area contributed by atoms with Crippen molar-refractivity contribution in [2.24, 2.45) is 0 Å². The molecule has 254 valence electrons. The molecule has 0 bridgehead atoms. The number of benzene rings is 8. The van der Waals surface area contributed by atoms with Crippen molar-refractivity contribution >= 4 is 53.1 Å². The molecule has 0 unspecified atom stereocenters. The third-order valence-corrected chi connectivity index (χ3v) is 12.4. The van der Waals surface area contributed by atoms with Gasteiger partial charge in [-0.1, -0.05) is 141 Å². The normalized spacial score (nSPS) is 13.1. The Morgan fingerprint density at radius 2 is 0.870 bits per heavy atom. The van der Waals surface area contributed by atoms with E-state index in [1.54, 1.807) is 0 Å². The number of aromatic nitrogens is 3. The van der Waals surface area contributed by atoms with E-state index in [1.165, 1.54) is 69.7 Å². The van der Waals surface area contributed by atoms with Crippen molar-refractivity contribution in [1.82, 2.24) is 15.0 Å². The highest BCUT2D eigenvalue weighted by molar-refractivity contribution is 7.25. The number of hydrogen-bond acceptors (Lipinski definition) is 4. The van der Waals surface area contributed by atoms with Crippen LogP contribution in [0.1, 0.15) is 25.0 Å². The SMILES string of the molecule is CC1(C)c2ccccc2-c2ccc(-c3nc(-c4ccc5cc(-c6ccc7ccccc7c6)ccc5c4)nc(-c4ccc5c(c4)sc4ccccc45)n3)cc21. The maximum Gasteiger partial charge on any atom is 0.164 e. The average molecular weight is 708 g/mol. The second-order valence-corrected chi connectivity index (χ2v) is 16.0. The van der Waals surface area contributed by atoms with Gasteiger partial charge in [-0.05, 0) is 91.3 Å². The first-order chi connectivity index (χ1) is 26.5. The van der Waals surface area contributed by atoms with Crippen LogP contribution in [-0.4, -0.2) is 15.0 Å². The summed E-state index contributed by atoms with van der Waals surface area (Å²) in [6.07, 6.45) is 0. The highest BCUT2D eigenvalue weighted by Crippen LogP contribution is 2.49. The topological polar surface area (TPSA) is 38.7 Å². The Bertz CT molecular complexity index is 3150. The summed E-state index contributed by atoms with van der Waals surface area (Å²) in [5, 5.41) is 7.35. The number of rotatable bonds is 4. The van der Waals surface area contributed by atoms with Gasteiger partial charge >= 0.3 is 0 Å². The van der Waals surface area contributed by atoms with Crippen LogP contribution < -0.4 is 0 Å². The molecule has 1 aliphatic rings. The Morgan fingerprint density at radius 3 is 1.65 bits per heavy atom. The van der Waals surface area contributed by atoms with Crippen LogP contribution in [0.5, 0.6) is 0 Å². The van der Waals surface area contributed by atoms with Gasteiger partial charge in [0.05, 0.1) is 0 Å². The molecule has 54 heavy (non-hydrogen) atoms. The molecule has 0 atom stereocenters. The predicted molar refractivity (Wildman–Crippen MR) is 227 cm³/mol. The Balaban J connectivity index is 1.05. The van der Waals surface area contributed by atoms with E-state index in [0.717, 1.165) is 22.1 Å². The lowest BCUT2D eigenvalue weighted by atomic mass is 9.82. The van der Waals surface area contributed by atoms with E-state index in [1.807, 2.05) is 11.3 Å². The standard InChI is InChI=1S/C50H33N3S/c1-50(2)43-13-7-5-11-39(43)40-23-21-37(28-44(40)50)48-51-47(52-49(53-48)38-22-24-42-41-12-6-8-14-45(41)54-46(42)29-38)36-20-19-34-26-33(17-18-35(34)27-36)32-16-15-30-9-3-4-10-31(30)25-32/h3-29H,1-2H3. The summed E-state index contributed by atoms with van der Waals surface area (Å²) >= 11 is 1.81. The molecule has 11 rings (SSSR count). The van der Waals surface area contributed by atoms with Crippen molar-refractivity contribution in [3.8, 4) is 56.4 Å². The van der Waals surface area contributed by atoms with Crippen molar-refractivity contribution in [2.45, 2.75) is 19.3 Å². The Hall–Kier alpha value is -6.49. The van der Waals surface area contributed by atoms with E-state index in [9.17, 15) is 0 Å². The molecule has 1 aliphatic carbocycles. The number of nitrogens with zero attached hydrogens (tertiary/aromatic N) is 3. The molecular weight excluding hydrogens is 675 g/mol. The van der Waals surface area contributed by atoms with E-state index in [4.69, 9.17) is 15.0 Å². The molecule has 0 saturated heterocycles. The van der Waals surface area contributed by atoms with Crippen molar-refractivity contribution in [2.75, 3.05) is 0 Å². The maximum absolute atomic E-state index is 5.20. The smallest absolute Gasteiger partial charge is 0.164 e. The van der Waals surface area contributed by atoms with Gasteiger partial charge in [0.25, 0.3) is 0 Å². The van der Waals surface area contributed by atoms with Gasteiger partial charge in [-0.25, -0.2) is 15.0 Å². The minimum absolute atomic E-state index is 0.128. The van der Waals surface area contributed by atoms with Crippen LogP contribution in [-0.2, 0) is 5.41 Å². The van der Waals surface area contributed by atoms with Crippen LogP contribution in [0.4, 0.5) is 0 Å². The number of thiophene rings is 1. The van der Waals surface area contributed by atoms with Crippen LogP contribution in [0.2, 0.25) is 0 Å². The molecule has 2 aromatic heterocycles. The second kappa shape index (κ2) is 11.8. The maximum atomic E-state index is 5.20. The lowest BCUT2D eigenvalue weighted by Crippen LogP contribution is -2.15. The summed E-state index contributed by atoms with van der Waals surface area (Å²) in [5.74, 6) is 2.01. The van der Waals surface area contributed by atoms with Crippen LogP contribution >= 0.6 is 11.3 Å². The average Bonchev–Trinajstić information content (AvgIpc) is 3.71. The molecule has 0 fully saturated rings. The Kier molecular flexibility index (Phi) is 6.77. The number of fused-ring (bicyclic) bond motifs is 8. The van der Waals surface area contributed by atoms with E-state index in [2.05, 4.69) is 178 Å². The van der Waals surface area contributed by atoms with Gasteiger partial charge in [0.1, 0.15) is 0 Å². The first-order valence-corrected chi connectivity index (χ1v) is 19.2. The van der Waals surface area contributed by atoms with Crippen LogP contribution in [0, 0.1) is 0 Å². The fourth-order valence-corrected chi connectivity index (χ4v) is 9.55. The predicted octanol–water partition coefficient (Wildman–Crippen LogP) is 13.5. The zero-order chi connectivity index (χ0) is 36.0. The van der Waals surface area contributed by atoms with Crippen LogP contribution in [0.15, 0.2) is 164 Å². The third-order valence-electron chi connectivity index (χ3n) is 11.3. The molecule has 8 aromatic carbocycles. The molecule has 0 amide bonds. The van der Waals surface area contributed by atoms with Crippen molar-refractivity contribution in [3.05, 3.63) is 175 Å². The summed E-state index contributed by atoms with van der Waals surface area (Å²) in [4.78, 5) is 15.6. The van der Waals surface area contributed by atoms with E-state index in [-0.39, 0.29) is 5.41 Å². The van der Waals surface area contributed by atoms with Gasteiger partial charge in [-0.3, -0.25) is 0 Å². The van der Waals surface area contributed by atoms with Gasteiger partial charge in [0.2, 0.25) is 0 Å². The van der Waals surface area contributed by atoms with E-state index < -0.39 is 0 Å². The molecule has 0 N–H and O–H groups in total. The third kappa shape index (κ3) is 4.91. The zero-order valence-corrected chi connectivity index (χ0v) is 30.7. The zero-order valence-electron chi connectivity index (χ0n) is 29.8. The largest absolute Gasteiger partial charge is 0.208 e. The Labute approximate surface area is 317 Å². The lowest BCUT2D eigenvalue weighted by molar-refractivity contribution is 0.660. The molecule has 4 heteroatoms. The molecular formula is C50H33N3S. The van der Waals surface area contributed by atoms with Crippen LogP contribution in [0.3, 0.4) is 0 Å². The molecule has 0 spiro atoms. The fraction of sp³-hybridized carbons (Fsp3) is 0.0600. The van der Waals surface area contributed by atoms with Gasteiger partial charge in [0.15, 0.2) is 17.5 Å². The fourth-order valence-electron chi connectivity index (χ4n) is 8.40. The highest BCUT2D eigenvalue weighted by Gasteiger charge is 2.35. The van der Waals surface area contributed by atoms with E-state index >= 15 is 0 Å². The van der Waals surface area contributed by atoms with Gasteiger partial charge in [0, 0.05) is 42.3 Å². The Morgan fingerprint density at radius 1 is 0.370 bits per heavy atom. The quantitative estimate of drug-likeness (QED) is 0.183. The highest BCUT2D eigenvalue weighted by atomic mass is 32.1. The monoisotopic (exact) mass is 707 g/mol. The molecule has 10 aromatic rings. The first-order valence-electron chi connectivity index (χ1n) is 18.4. The van der Waals surface area contributed by atoms with Crippen molar-refractivity contribution < 1.29 is 0 Å². The molecule has 0 saturated carbocycles. The molecule has 0 radical (unpaired) electrons. The minimum atomic E-state index is -0.128. The van der Waals surface area contributed by atoms with Gasteiger partial charge < -0.3 is 0 Å². The first kappa shape index (κ1) is 31.1. The lowest BCUT2D eigenvalue weighted by Gasteiger charge is -2.21. The summed E-state index contributed by atoms with van der Waals surface area (Å²) < 4.78 is 2.51. The molecule has 2 heterocycles. The summed E-state index contributed by atoms with van der Waals surface area (Å²) in [6, 6.07) is 59.1. The van der Waals surface area contributed by atoms with Crippen molar-refractivity contribution in [3.63, 3.8) is 0 Å². The summed E-state index contributed by atoms with van der Waals surface area (Å²) in [7, 11) is 0. The van der Waals surface area contributed by atoms with Gasteiger partial charge in [-0.15, -0.1) is 11.3 Å². The van der Waals surface area contributed by atoms with E-state index in [0.29, 0.717) is 17.5 Å². The van der Waals surface area contributed by atoms with Crippen molar-refractivity contribution in [1.29, 1.82) is 0 Å². The number of hydrogen-bond donors (Lipinski definition) is 0. The molecule has 3 nitrogen and oxygen atoms in total. The summed E-state index contributed by atoms with van der Waals surface area (Å²) in [5.41, 5.74) is 10.4. The van der Waals surface area contributed by atoms with Gasteiger partial charge in [-0.2, -0.15) is 0 Å². The minimum Gasteiger partial charge on any atom is -0.208 e. The second-order valence-electron chi connectivity index (χ2n) is 14.9.